The molecule has 1 saturated heterocycles. The fraction of sp³-hybridized carbons (Fsp3) is 0.375. The molecule has 2 N–H and O–H groups in total. The summed E-state index contributed by atoms with van der Waals surface area (Å²) in [5, 5.41) is 9.96. The first-order chi connectivity index (χ1) is 15.5. The quantitative estimate of drug-likeness (QED) is 0.592. The van der Waals surface area contributed by atoms with Gasteiger partial charge in [-0.1, -0.05) is 12.1 Å². The van der Waals surface area contributed by atoms with Gasteiger partial charge in [-0.2, -0.15) is 5.10 Å². The molecule has 0 aliphatic carbocycles. The van der Waals surface area contributed by atoms with Crippen molar-refractivity contribution >= 4 is 11.8 Å². The van der Waals surface area contributed by atoms with E-state index in [1.807, 2.05) is 30.0 Å². The summed E-state index contributed by atoms with van der Waals surface area (Å²) >= 11 is 0. The lowest BCUT2D eigenvalue weighted by molar-refractivity contribution is -0.131. The number of carbonyl (C=O) groups is 2. The summed E-state index contributed by atoms with van der Waals surface area (Å²) in [6.45, 7) is 3.69. The van der Waals surface area contributed by atoms with Gasteiger partial charge in [0.15, 0.2) is 0 Å². The van der Waals surface area contributed by atoms with Gasteiger partial charge < -0.3 is 19.4 Å². The van der Waals surface area contributed by atoms with Crippen molar-refractivity contribution in [2.75, 3.05) is 20.2 Å². The SMILES string of the molecule is COc1ccc(CC(=O)N2CCC(c3cc(C(=O)NCc4ccco4)n[nH]3)CC2)cc1C. The van der Waals surface area contributed by atoms with Gasteiger partial charge >= 0.3 is 0 Å². The van der Waals surface area contributed by atoms with E-state index in [0.717, 1.165) is 35.4 Å². The molecule has 0 spiro atoms. The second-order valence-electron chi connectivity index (χ2n) is 8.11. The topological polar surface area (TPSA) is 100 Å². The van der Waals surface area contributed by atoms with Crippen LogP contribution in [0.25, 0.3) is 0 Å². The number of likely N-dealkylation sites (tertiary alicyclic amines) is 1. The van der Waals surface area contributed by atoms with Gasteiger partial charge in [0, 0.05) is 24.7 Å². The Morgan fingerprint density at radius 3 is 2.75 bits per heavy atom. The minimum Gasteiger partial charge on any atom is -0.496 e. The molecule has 2 aromatic heterocycles. The van der Waals surface area contributed by atoms with E-state index < -0.39 is 0 Å². The fourth-order valence-electron chi connectivity index (χ4n) is 4.11. The third-order valence-corrected chi connectivity index (χ3v) is 5.94. The first-order valence-corrected chi connectivity index (χ1v) is 10.8. The molecule has 1 fully saturated rings. The van der Waals surface area contributed by atoms with E-state index in [-0.39, 0.29) is 17.7 Å². The highest BCUT2D eigenvalue weighted by Crippen LogP contribution is 2.28. The van der Waals surface area contributed by atoms with E-state index in [4.69, 9.17) is 9.15 Å². The molecule has 8 nitrogen and oxygen atoms in total. The third-order valence-electron chi connectivity index (χ3n) is 5.94. The lowest BCUT2D eigenvalue weighted by Crippen LogP contribution is -2.38. The number of nitrogens with zero attached hydrogens (tertiary/aromatic N) is 2. The second kappa shape index (κ2) is 9.72. The summed E-state index contributed by atoms with van der Waals surface area (Å²) in [6, 6.07) is 11.3. The Hall–Kier alpha value is -3.55. The molecular weight excluding hydrogens is 408 g/mol. The zero-order valence-corrected chi connectivity index (χ0v) is 18.4. The summed E-state index contributed by atoms with van der Waals surface area (Å²) in [6.07, 6.45) is 3.63. The van der Waals surface area contributed by atoms with Gasteiger partial charge in [0.25, 0.3) is 5.91 Å². The van der Waals surface area contributed by atoms with Gasteiger partial charge in [-0.05, 0) is 55.2 Å². The number of furan rings is 1. The van der Waals surface area contributed by atoms with E-state index >= 15 is 0 Å². The number of rotatable bonds is 7. The zero-order valence-electron chi connectivity index (χ0n) is 18.4. The van der Waals surface area contributed by atoms with Gasteiger partial charge in [0.1, 0.15) is 17.2 Å². The highest BCUT2D eigenvalue weighted by Gasteiger charge is 2.26. The van der Waals surface area contributed by atoms with Gasteiger partial charge in [-0.25, -0.2) is 0 Å². The largest absolute Gasteiger partial charge is 0.496 e. The summed E-state index contributed by atoms with van der Waals surface area (Å²) < 4.78 is 10.5. The van der Waals surface area contributed by atoms with Crippen LogP contribution in [0.1, 0.15) is 51.8 Å². The maximum absolute atomic E-state index is 12.8. The average molecular weight is 437 g/mol. The monoisotopic (exact) mass is 436 g/mol. The van der Waals surface area contributed by atoms with Crippen LogP contribution in [0.3, 0.4) is 0 Å². The summed E-state index contributed by atoms with van der Waals surface area (Å²) in [4.78, 5) is 27.0. The van der Waals surface area contributed by atoms with Crippen molar-refractivity contribution in [1.82, 2.24) is 20.4 Å². The molecule has 168 valence electrons. The molecule has 1 aliphatic rings. The molecule has 0 bridgehead atoms. The molecule has 2 amide bonds. The maximum Gasteiger partial charge on any atom is 0.272 e. The second-order valence-corrected chi connectivity index (χ2v) is 8.11. The van der Waals surface area contributed by atoms with Gasteiger partial charge in [-0.3, -0.25) is 14.7 Å². The Kier molecular flexibility index (Phi) is 6.58. The molecule has 3 aromatic rings. The summed E-state index contributed by atoms with van der Waals surface area (Å²) in [5.74, 6) is 1.66. The van der Waals surface area contributed by atoms with Crippen molar-refractivity contribution in [1.29, 1.82) is 0 Å². The summed E-state index contributed by atoms with van der Waals surface area (Å²) in [5.41, 5.74) is 3.32. The van der Waals surface area contributed by atoms with E-state index in [2.05, 4.69) is 15.5 Å². The number of aromatic amines is 1. The number of ether oxygens (including phenoxy) is 1. The lowest BCUT2D eigenvalue weighted by atomic mass is 9.93. The van der Waals surface area contributed by atoms with Crippen LogP contribution < -0.4 is 10.1 Å². The van der Waals surface area contributed by atoms with Gasteiger partial charge in [0.05, 0.1) is 26.3 Å². The van der Waals surface area contributed by atoms with Crippen molar-refractivity contribution in [3.05, 3.63) is 70.9 Å². The Morgan fingerprint density at radius 2 is 2.06 bits per heavy atom. The molecule has 8 heteroatoms. The number of aryl methyl sites for hydroxylation is 1. The van der Waals surface area contributed by atoms with Crippen LogP contribution in [0.15, 0.2) is 47.1 Å². The highest BCUT2D eigenvalue weighted by molar-refractivity contribution is 5.92. The lowest BCUT2D eigenvalue weighted by Gasteiger charge is -2.31. The number of aromatic nitrogens is 2. The van der Waals surface area contributed by atoms with E-state index in [1.165, 1.54) is 0 Å². The molecule has 0 atom stereocenters. The van der Waals surface area contributed by atoms with Gasteiger partial charge in [0.2, 0.25) is 5.91 Å². The van der Waals surface area contributed by atoms with Crippen LogP contribution >= 0.6 is 0 Å². The number of amides is 2. The Bertz CT molecular complexity index is 1070. The standard InChI is InChI=1S/C24H28N4O4/c1-16-12-17(5-6-22(16)31-2)13-23(29)28-9-7-18(8-10-28)20-14-21(27-26-20)24(30)25-15-19-4-3-11-32-19/h3-6,11-12,14,18H,7-10,13,15H2,1-2H3,(H,25,30)(H,26,27). The average Bonchev–Trinajstić information content (AvgIpc) is 3.50. The number of piperidine rings is 1. The minimum atomic E-state index is -0.244. The van der Waals surface area contributed by atoms with Crippen molar-refractivity contribution < 1.29 is 18.7 Å². The molecule has 1 aliphatic heterocycles. The Balaban J connectivity index is 1.27. The Labute approximate surface area is 186 Å². The normalized spacial score (nSPS) is 14.4. The molecule has 1 aromatic carbocycles. The first kappa shape index (κ1) is 21.7. The summed E-state index contributed by atoms with van der Waals surface area (Å²) in [7, 11) is 1.65. The number of H-pyrrole nitrogens is 1. The van der Waals surface area contributed by atoms with Gasteiger partial charge in [-0.15, -0.1) is 0 Å². The van der Waals surface area contributed by atoms with Crippen LogP contribution in [0.5, 0.6) is 5.75 Å². The molecule has 0 unspecified atom stereocenters. The third kappa shape index (κ3) is 5.01. The zero-order chi connectivity index (χ0) is 22.5. The van der Waals surface area contributed by atoms with Crippen molar-refractivity contribution in [2.24, 2.45) is 0 Å². The number of methoxy groups -OCH3 is 1. The van der Waals surface area contributed by atoms with Crippen molar-refractivity contribution in [2.45, 2.75) is 38.6 Å². The van der Waals surface area contributed by atoms with Crippen LogP contribution in [-0.2, 0) is 17.8 Å². The predicted molar refractivity (Wildman–Crippen MR) is 118 cm³/mol. The van der Waals surface area contributed by atoms with E-state index in [0.29, 0.717) is 37.5 Å². The number of hydrogen-bond donors (Lipinski definition) is 2. The minimum absolute atomic E-state index is 0.135. The molecule has 0 radical (unpaired) electrons. The van der Waals surface area contributed by atoms with Crippen LogP contribution in [0.4, 0.5) is 0 Å². The number of benzene rings is 1. The van der Waals surface area contributed by atoms with E-state index in [9.17, 15) is 9.59 Å². The van der Waals surface area contributed by atoms with Crippen LogP contribution in [-0.4, -0.2) is 47.1 Å². The highest BCUT2D eigenvalue weighted by atomic mass is 16.5. The predicted octanol–water partition coefficient (Wildman–Crippen LogP) is 3.20. The smallest absolute Gasteiger partial charge is 0.272 e. The molecular formula is C24H28N4O4. The fourth-order valence-corrected chi connectivity index (χ4v) is 4.11. The number of nitrogens with one attached hydrogen (secondary N) is 2. The van der Waals surface area contributed by atoms with Crippen LogP contribution in [0.2, 0.25) is 0 Å². The Morgan fingerprint density at radius 1 is 1.25 bits per heavy atom. The number of hydrogen-bond acceptors (Lipinski definition) is 5. The molecule has 32 heavy (non-hydrogen) atoms. The number of carbonyl (C=O) groups excluding carboxylic acids is 2. The first-order valence-electron chi connectivity index (χ1n) is 10.8. The van der Waals surface area contributed by atoms with Crippen molar-refractivity contribution in [3.63, 3.8) is 0 Å². The van der Waals surface area contributed by atoms with E-state index in [1.54, 1.807) is 31.6 Å². The molecule has 4 rings (SSSR count). The van der Waals surface area contributed by atoms with Crippen molar-refractivity contribution in [3.8, 4) is 5.75 Å². The molecule has 0 saturated carbocycles. The molecule has 3 heterocycles. The maximum atomic E-state index is 12.8. The van der Waals surface area contributed by atoms with Crippen LogP contribution in [0, 0.1) is 6.92 Å².